The minimum absolute atomic E-state index is 0.203. The van der Waals surface area contributed by atoms with Crippen molar-refractivity contribution in [3.63, 3.8) is 0 Å². The van der Waals surface area contributed by atoms with Gasteiger partial charge in [-0.05, 0) is 18.6 Å². The van der Waals surface area contributed by atoms with Gasteiger partial charge in [0.05, 0.1) is 11.3 Å². The van der Waals surface area contributed by atoms with Gasteiger partial charge in [-0.25, -0.2) is 12.7 Å². The number of pyridine rings is 1. The van der Waals surface area contributed by atoms with Crippen LogP contribution in [0.15, 0.2) is 42.6 Å². The van der Waals surface area contributed by atoms with Gasteiger partial charge in [0.15, 0.2) is 0 Å². The van der Waals surface area contributed by atoms with E-state index in [9.17, 15) is 13.2 Å². The number of carbonyl (C=O) groups is 1. The van der Waals surface area contributed by atoms with Gasteiger partial charge < -0.3 is 5.32 Å². The predicted molar refractivity (Wildman–Crippen MR) is 93.8 cm³/mol. The van der Waals surface area contributed by atoms with Crippen LogP contribution in [-0.2, 0) is 14.8 Å². The molecule has 3 rings (SSSR count). The van der Waals surface area contributed by atoms with Crippen LogP contribution in [-0.4, -0.2) is 49.0 Å². The van der Waals surface area contributed by atoms with E-state index in [-0.39, 0.29) is 11.7 Å². The number of nitrogens with one attached hydrogen (secondary N) is 1. The van der Waals surface area contributed by atoms with Gasteiger partial charge in [0.25, 0.3) is 0 Å². The highest BCUT2D eigenvalue weighted by Crippen LogP contribution is 2.17. The van der Waals surface area contributed by atoms with Crippen molar-refractivity contribution in [1.29, 1.82) is 0 Å². The van der Waals surface area contributed by atoms with Crippen LogP contribution < -0.4 is 5.32 Å². The van der Waals surface area contributed by atoms with E-state index in [1.165, 1.54) is 10.4 Å². The second-order valence-electron chi connectivity index (χ2n) is 5.62. The highest BCUT2D eigenvalue weighted by molar-refractivity contribution is 7.89. The topological polar surface area (TPSA) is 79.4 Å². The molecule has 6 nitrogen and oxygen atoms in total. The Labute approximate surface area is 141 Å². The lowest BCUT2D eigenvalue weighted by Gasteiger charge is -2.13. The molecule has 0 spiro atoms. The normalized spacial score (nSPS) is 17.5. The Hall–Kier alpha value is -2.25. The van der Waals surface area contributed by atoms with Crippen LogP contribution >= 0.6 is 0 Å². The molecule has 1 saturated heterocycles. The first-order valence-corrected chi connectivity index (χ1v) is 9.45. The summed E-state index contributed by atoms with van der Waals surface area (Å²) in [6.45, 7) is 1.16. The maximum Gasteiger partial charge on any atom is 0.244 e. The van der Waals surface area contributed by atoms with E-state index in [4.69, 9.17) is 0 Å². The molecule has 1 aromatic carbocycles. The van der Waals surface area contributed by atoms with Crippen LogP contribution in [0.1, 0.15) is 12.0 Å². The van der Waals surface area contributed by atoms with E-state index in [0.29, 0.717) is 26.1 Å². The van der Waals surface area contributed by atoms with E-state index in [2.05, 4.69) is 10.3 Å². The van der Waals surface area contributed by atoms with Crippen LogP contribution in [0.2, 0.25) is 0 Å². The number of rotatable bonds is 5. The third-order valence-corrected chi connectivity index (χ3v) is 5.90. The number of hydrogen-bond donors (Lipinski definition) is 1. The number of aromatic nitrogens is 1. The van der Waals surface area contributed by atoms with E-state index in [1.807, 2.05) is 30.3 Å². The molecular weight excluding hydrogens is 326 g/mol. The molecule has 1 fully saturated rings. The van der Waals surface area contributed by atoms with Crippen molar-refractivity contribution < 1.29 is 13.2 Å². The van der Waals surface area contributed by atoms with Crippen molar-refractivity contribution in [3.8, 4) is 0 Å². The van der Waals surface area contributed by atoms with Crippen LogP contribution in [0, 0.1) is 0 Å². The SMILES string of the molecule is O=C(/C=C\c1cccc2cccnc12)NCCN1CCCS1(=O)=O. The molecule has 7 heteroatoms. The van der Waals surface area contributed by atoms with Crippen LogP contribution in [0.4, 0.5) is 0 Å². The monoisotopic (exact) mass is 345 g/mol. The van der Waals surface area contributed by atoms with Crippen molar-refractivity contribution >= 4 is 32.9 Å². The number of carbonyl (C=O) groups excluding carboxylic acids is 1. The molecule has 24 heavy (non-hydrogen) atoms. The summed E-state index contributed by atoms with van der Waals surface area (Å²) < 4.78 is 24.8. The summed E-state index contributed by atoms with van der Waals surface area (Å²) in [5, 5.41) is 3.73. The minimum Gasteiger partial charge on any atom is -0.351 e. The fourth-order valence-corrected chi connectivity index (χ4v) is 4.26. The maximum atomic E-state index is 11.9. The Balaban J connectivity index is 1.57. The number of sulfonamides is 1. The lowest BCUT2D eigenvalue weighted by molar-refractivity contribution is -0.116. The third-order valence-electron chi connectivity index (χ3n) is 3.94. The fraction of sp³-hybridized carbons (Fsp3) is 0.294. The second kappa shape index (κ2) is 7.11. The van der Waals surface area contributed by atoms with Crippen molar-refractivity contribution in [2.45, 2.75) is 6.42 Å². The van der Waals surface area contributed by atoms with Gasteiger partial charge in [0, 0.05) is 42.9 Å². The molecule has 1 amide bonds. The lowest BCUT2D eigenvalue weighted by atomic mass is 10.1. The highest BCUT2D eigenvalue weighted by Gasteiger charge is 2.27. The number of benzene rings is 1. The molecule has 126 valence electrons. The van der Waals surface area contributed by atoms with E-state index >= 15 is 0 Å². The first-order chi connectivity index (χ1) is 11.6. The molecule has 1 aromatic heterocycles. The molecular formula is C17H19N3O3S. The third kappa shape index (κ3) is 3.80. The van der Waals surface area contributed by atoms with Crippen molar-refractivity contribution in [1.82, 2.24) is 14.6 Å². The Kier molecular flexibility index (Phi) is 4.92. The Bertz CT molecular complexity index is 872. The summed E-state index contributed by atoms with van der Waals surface area (Å²) in [6, 6.07) is 9.62. The smallest absolute Gasteiger partial charge is 0.244 e. The molecule has 2 heterocycles. The minimum atomic E-state index is -3.11. The fourth-order valence-electron chi connectivity index (χ4n) is 2.73. The van der Waals surface area contributed by atoms with Crippen molar-refractivity contribution in [2.75, 3.05) is 25.4 Å². The van der Waals surface area contributed by atoms with Crippen LogP contribution in [0.3, 0.4) is 0 Å². The number of para-hydroxylation sites is 1. The number of nitrogens with zero attached hydrogens (tertiary/aromatic N) is 2. The summed E-state index contributed by atoms with van der Waals surface area (Å²) >= 11 is 0. The molecule has 0 radical (unpaired) electrons. The zero-order valence-electron chi connectivity index (χ0n) is 13.2. The number of amides is 1. The van der Waals surface area contributed by atoms with Gasteiger partial charge in [-0.2, -0.15) is 0 Å². The molecule has 0 unspecified atom stereocenters. The Morgan fingerprint density at radius 2 is 2.12 bits per heavy atom. The van der Waals surface area contributed by atoms with Crippen molar-refractivity contribution in [2.24, 2.45) is 0 Å². The molecule has 1 aliphatic heterocycles. The van der Waals surface area contributed by atoms with E-state index in [0.717, 1.165) is 16.5 Å². The van der Waals surface area contributed by atoms with Crippen molar-refractivity contribution in [3.05, 3.63) is 48.2 Å². The summed E-state index contributed by atoms with van der Waals surface area (Å²) in [5.41, 5.74) is 1.71. The lowest BCUT2D eigenvalue weighted by Crippen LogP contribution is -2.35. The first kappa shape index (κ1) is 16.6. The second-order valence-corrected chi connectivity index (χ2v) is 7.70. The average Bonchev–Trinajstić information content (AvgIpc) is 2.91. The number of fused-ring (bicyclic) bond motifs is 1. The largest absolute Gasteiger partial charge is 0.351 e. The molecule has 0 bridgehead atoms. The average molecular weight is 345 g/mol. The Morgan fingerprint density at radius 1 is 1.29 bits per heavy atom. The summed E-state index contributed by atoms with van der Waals surface area (Å²) in [5.74, 6) is -0.0471. The highest BCUT2D eigenvalue weighted by atomic mass is 32.2. The van der Waals surface area contributed by atoms with Gasteiger partial charge >= 0.3 is 0 Å². The zero-order chi connectivity index (χ0) is 17.0. The summed E-state index contributed by atoms with van der Waals surface area (Å²) in [4.78, 5) is 16.2. The van der Waals surface area contributed by atoms with Gasteiger partial charge in [-0.15, -0.1) is 0 Å². The molecule has 1 N–H and O–H groups in total. The van der Waals surface area contributed by atoms with E-state index in [1.54, 1.807) is 12.3 Å². The van der Waals surface area contributed by atoms with Gasteiger partial charge in [-0.1, -0.05) is 24.3 Å². The van der Waals surface area contributed by atoms with Gasteiger partial charge in [-0.3, -0.25) is 9.78 Å². The molecule has 0 saturated carbocycles. The molecule has 0 atom stereocenters. The quantitative estimate of drug-likeness (QED) is 0.831. The van der Waals surface area contributed by atoms with Gasteiger partial charge in [0.1, 0.15) is 0 Å². The van der Waals surface area contributed by atoms with Gasteiger partial charge in [0.2, 0.25) is 15.9 Å². The van der Waals surface area contributed by atoms with Crippen LogP contribution in [0.5, 0.6) is 0 Å². The number of hydrogen-bond acceptors (Lipinski definition) is 4. The van der Waals surface area contributed by atoms with Crippen LogP contribution in [0.25, 0.3) is 17.0 Å². The standard InChI is InChI=1S/C17H19N3O3S/c21-16(18-10-12-20-11-3-13-24(20,22)23)8-7-15-5-1-4-14-6-2-9-19-17(14)15/h1-2,4-9H,3,10-13H2,(H,18,21)/b8-7-. The molecule has 0 aliphatic carbocycles. The first-order valence-electron chi connectivity index (χ1n) is 7.84. The maximum absolute atomic E-state index is 11.9. The summed E-state index contributed by atoms with van der Waals surface area (Å²) in [6.07, 6.45) is 5.54. The zero-order valence-corrected chi connectivity index (χ0v) is 14.0. The molecule has 1 aliphatic rings. The summed E-state index contributed by atoms with van der Waals surface area (Å²) in [7, 11) is -3.11. The Morgan fingerprint density at radius 3 is 2.92 bits per heavy atom. The van der Waals surface area contributed by atoms with E-state index < -0.39 is 10.0 Å². The molecule has 2 aromatic rings. The predicted octanol–water partition coefficient (Wildman–Crippen LogP) is 1.40.